The van der Waals surface area contributed by atoms with Crippen LogP contribution < -0.4 is 0 Å². The highest BCUT2D eigenvalue weighted by Gasteiger charge is 2.40. The van der Waals surface area contributed by atoms with Crippen molar-refractivity contribution in [2.24, 2.45) is 0 Å². The minimum Gasteiger partial charge on any atom is -0.481 e. The van der Waals surface area contributed by atoms with Gasteiger partial charge in [-0.05, 0) is 0 Å². The highest BCUT2D eigenvalue weighted by molar-refractivity contribution is 5.88. The van der Waals surface area contributed by atoms with Crippen molar-refractivity contribution in [3.05, 3.63) is 0 Å². The zero-order chi connectivity index (χ0) is 18.8. The predicted octanol–water partition coefficient (Wildman–Crippen LogP) is -4.19. The summed E-state index contributed by atoms with van der Waals surface area (Å²) in [6.45, 7) is -1.28. The quantitative estimate of drug-likeness (QED) is 0.194. The van der Waals surface area contributed by atoms with Crippen LogP contribution in [0.4, 0.5) is 0 Å². The summed E-state index contributed by atoms with van der Waals surface area (Å²) in [6, 6.07) is 0. The fourth-order valence-electron chi connectivity index (χ4n) is 1.19. The Kier molecular flexibility index (Phi) is 11.0. The molecule has 2 atom stereocenters. The van der Waals surface area contributed by atoms with E-state index in [0.717, 1.165) is 0 Å². The lowest BCUT2D eigenvalue weighted by Gasteiger charge is -2.19. The first-order valence-electron chi connectivity index (χ1n) is 6.06. The first-order chi connectivity index (χ1) is 10.4. The summed E-state index contributed by atoms with van der Waals surface area (Å²) in [5.41, 5.74) is -2.74. The second-order valence-corrected chi connectivity index (χ2v) is 4.47. The van der Waals surface area contributed by atoms with Gasteiger partial charge in [-0.15, -0.1) is 0 Å². The molecule has 0 amide bonds. The Bertz CT molecular complexity index is 368. The summed E-state index contributed by atoms with van der Waals surface area (Å²) in [5, 5.41) is 76.4. The maximum absolute atomic E-state index is 10.3. The molecule has 0 heterocycles. The molecule has 0 saturated heterocycles. The molecule has 0 bridgehead atoms. The Hall–Kier alpha value is -1.83. The Balaban J connectivity index is 0. The molecule has 0 aliphatic heterocycles. The number of hydrogen-bond donors (Lipinski definition) is 9. The maximum atomic E-state index is 10.3. The van der Waals surface area contributed by atoms with E-state index in [2.05, 4.69) is 0 Å². The third kappa shape index (κ3) is 9.72. The lowest BCUT2D eigenvalue weighted by atomic mass is 9.96. The highest BCUT2D eigenvalue weighted by atomic mass is 16.4. The summed E-state index contributed by atoms with van der Waals surface area (Å²) in [7, 11) is 0. The second-order valence-electron chi connectivity index (χ2n) is 4.47. The summed E-state index contributed by atoms with van der Waals surface area (Å²) in [6.07, 6.45) is -6.58. The van der Waals surface area contributed by atoms with Crippen LogP contribution in [0.2, 0.25) is 0 Å². The first-order valence-corrected chi connectivity index (χ1v) is 6.06. The zero-order valence-electron chi connectivity index (χ0n) is 11.8. The van der Waals surface area contributed by atoms with E-state index in [0.29, 0.717) is 0 Å². The molecule has 0 saturated carbocycles. The molecule has 0 aliphatic carbocycles. The monoisotopic (exact) mass is 344 g/mol. The van der Waals surface area contributed by atoms with Crippen LogP contribution in [0.1, 0.15) is 12.8 Å². The fraction of sp³-hybridized carbons (Fsp3) is 0.727. The number of carboxylic acid groups (broad SMARTS) is 3. The number of aliphatic hydroxyl groups is 6. The number of hydrogen-bond acceptors (Lipinski definition) is 9. The van der Waals surface area contributed by atoms with Gasteiger partial charge in [0, 0.05) is 0 Å². The van der Waals surface area contributed by atoms with E-state index in [1.807, 2.05) is 0 Å². The van der Waals surface area contributed by atoms with Gasteiger partial charge in [0.15, 0.2) is 5.60 Å². The van der Waals surface area contributed by atoms with Crippen LogP contribution in [0, 0.1) is 0 Å². The third-order valence-corrected chi connectivity index (χ3v) is 2.45. The molecular formula is C11H20O12. The second kappa shape index (κ2) is 10.8. The molecule has 0 aromatic rings. The Morgan fingerprint density at radius 2 is 1.09 bits per heavy atom. The van der Waals surface area contributed by atoms with Crippen molar-refractivity contribution in [1.29, 1.82) is 0 Å². The van der Waals surface area contributed by atoms with Crippen LogP contribution in [-0.2, 0) is 14.4 Å². The van der Waals surface area contributed by atoms with E-state index < -0.39 is 67.9 Å². The van der Waals surface area contributed by atoms with E-state index in [4.69, 9.17) is 46.0 Å². The van der Waals surface area contributed by atoms with E-state index in [9.17, 15) is 14.4 Å². The van der Waals surface area contributed by atoms with Crippen molar-refractivity contribution in [3.63, 3.8) is 0 Å². The summed E-state index contributed by atoms with van der Waals surface area (Å²) >= 11 is 0. The van der Waals surface area contributed by atoms with Gasteiger partial charge in [0.1, 0.15) is 18.3 Å². The van der Waals surface area contributed by atoms with Crippen molar-refractivity contribution in [2.45, 2.75) is 36.8 Å². The number of aliphatic hydroxyl groups excluding tert-OH is 5. The van der Waals surface area contributed by atoms with Gasteiger partial charge in [0.2, 0.25) is 0 Å². The molecule has 0 aliphatic rings. The van der Waals surface area contributed by atoms with Crippen molar-refractivity contribution < 1.29 is 60.3 Å². The molecule has 0 spiro atoms. The van der Waals surface area contributed by atoms with Crippen LogP contribution in [-0.4, -0.2) is 101 Å². The molecule has 0 aromatic carbocycles. The largest absolute Gasteiger partial charge is 0.481 e. The molecular weight excluding hydrogens is 324 g/mol. The van der Waals surface area contributed by atoms with E-state index in [1.54, 1.807) is 0 Å². The molecule has 0 aromatic heterocycles. The Labute approximate surface area is 129 Å². The summed E-state index contributed by atoms with van der Waals surface area (Å²) in [5.74, 6) is -5.02. The van der Waals surface area contributed by atoms with Crippen LogP contribution in [0.5, 0.6) is 0 Å². The minimum absolute atomic E-state index is 0.641. The standard InChI is InChI=1S/C6H8O7.C5H12O5/c7-3(8)1-6(13,5(11)12)2-4(9)10;6-1-3(8)5(10)4(9)2-7/h13H,1-2H2,(H,7,8)(H,9,10)(H,11,12);3-10H,1-2H2. The average Bonchev–Trinajstić information content (AvgIpc) is 2.43. The van der Waals surface area contributed by atoms with Gasteiger partial charge in [0.05, 0.1) is 26.1 Å². The van der Waals surface area contributed by atoms with Crippen LogP contribution in [0.3, 0.4) is 0 Å². The number of carbonyl (C=O) groups is 3. The molecule has 136 valence electrons. The molecule has 23 heavy (non-hydrogen) atoms. The topological polar surface area (TPSA) is 233 Å². The molecule has 9 N–H and O–H groups in total. The Morgan fingerprint density at radius 1 is 0.783 bits per heavy atom. The predicted molar refractivity (Wildman–Crippen MR) is 69.3 cm³/mol. The SMILES string of the molecule is O=C(O)CC(O)(CC(=O)O)C(=O)O.OCC(O)C(O)C(O)CO. The average molecular weight is 344 g/mol. The zero-order valence-corrected chi connectivity index (χ0v) is 11.8. The van der Waals surface area contributed by atoms with Crippen LogP contribution in [0.25, 0.3) is 0 Å². The van der Waals surface area contributed by atoms with E-state index in [-0.39, 0.29) is 0 Å². The van der Waals surface area contributed by atoms with Gasteiger partial charge in [-0.3, -0.25) is 9.59 Å². The van der Waals surface area contributed by atoms with Gasteiger partial charge in [-0.2, -0.15) is 0 Å². The molecule has 12 heteroatoms. The van der Waals surface area contributed by atoms with Crippen molar-refractivity contribution in [3.8, 4) is 0 Å². The van der Waals surface area contributed by atoms with Crippen molar-refractivity contribution >= 4 is 17.9 Å². The third-order valence-electron chi connectivity index (χ3n) is 2.45. The number of rotatable bonds is 9. The fourth-order valence-corrected chi connectivity index (χ4v) is 1.19. The highest BCUT2D eigenvalue weighted by Crippen LogP contribution is 2.15. The van der Waals surface area contributed by atoms with E-state index >= 15 is 0 Å². The van der Waals surface area contributed by atoms with Gasteiger partial charge >= 0.3 is 17.9 Å². The smallest absolute Gasteiger partial charge is 0.336 e. The molecule has 0 fully saturated rings. The van der Waals surface area contributed by atoms with Gasteiger partial charge in [-0.1, -0.05) is 0 Å². The maximum Gasteiger partial charge on any atom is 0.336 e. The molecule has 0 radical (unpaired) electrons. The normalized spacial score (nSPS) is 14.9. The van der Waals surface area contributed by atoms with Crippen LogP contribution >= 0.6 is 0 Å². The van der Waals surface area contributed by atoms with Crippen molar-refractivity contribution in [1.82, 2.24) is 0 Å². The van der Waals surface area contributed by atoms with Gasteiger partial charge in [-0.25, -0.2) is 4.79 Å². The van der Waals surface area contributed by atoms with Crippen molar-refractivity contribution in [2.75, 3.05) is 13.2 Å². The first kappa shape index (κ1) is 23.4. The minimum atomic E-state index is -2.74. The summed E-state index contributed by atoms with van der Waals surface area (Å²) < 4.78 is 0. The number of aliphatic carboxylic acids is 3. The van der Waals surface area contributed by atoms with Gasteiger partial charge < -0.3 is 46.0 Å². The summed E-state index contributed by atoms with van der Waals surface area (Å²) in [4.78, 5) is 30.5. The van der Waals surface area contributed by atoms with Crippen LogP contribution in [0.15, 0.2) is 0 Å². The Morgan fingerprint density at radius 3 is 1.26 bits per heavy atom. The number of carboxylic acids is 3. The lowest BCUT2D eigenvalue weighted by Crippen LogP contribution is -2.42. The molecule has 0 rings (SSSR count). The lowest BCUT2D eigenvalue weighted by molar-refractivity contribution is -0.170. The van der Waals surface area contributed by atoms with Gasteiger partial charge in [0.25, 0.3) is 0 Å². The molecule has 2 unspecified atom stereocenters. The van der Waals surface area contributed by atoms with E-state index in [1.165, 1.54) is 0 Å². The molecule has 12 nitrogen and oxygen atoms in total.